The molecule has 0 aromatic heterocycles. The topological polar surface area (TPSA) is 131 Å². The molecule has 67 heavy (non-hydrogen) atoms. The summed E-state index contributed by atoms with van der Waals surface area (Å²) >= 11 is 0. The van der Waals surface area contributed by atoms with E-state index in [1.807, 2.05) is 6.08 Å². The second kappa shape index (κ2) is 52.6. The van der Waals surface area contributed by atoms with Crippen LogP contribution < -0.4 is 5.32 Å². The van der Waals surface area contributed by atoms with Crippen molar-refractivity contribution in [2.45, 2.75) is 238 Å². The van der Waals surface area contributed by atoms with Gasteiger partial charge >= 0.3 is 13.8 Å². The molecule has 9 nitrogen and oxygen atoms in total. The van der Waals surface area contributed by atoms with Gasteiger partial charge in [-0.05, 0) is 64.2 Å². The number of carbonyl (C=O) groups excluding carboxylic acids is 2. The Morgan fingerprint density at radius 1 is 0.478 bits per heavy atom. The van der Waals surface area contributed by atoms with E-state index in [1.54, 1.807) is 0 Å². The van der Waals surface area contributed by atoms with E-state index in [0.29, 0.717) is 12.8 Å². The van der Waals surface area contributed by atoms with Crippen LogP contribution >= 0.6 is 7.82 Å². The van der Waals surface area contributed by atoms with E-state index in [-0.39, 0.29) is 32.1 Å². The summed E-state index contributed by atoms with van der Waals surface area (Å²) in [5.74, 6) is -0.575. The van der Waals surface area contributed by atoms with Crippen LogP contribution in [-0.2, 0) is 27.9 Å². The number of esters is 1. The SMILES string of the molecule is CC/C=C\C/C=C\C/C=C\C/C=C\C/C=C\C/C=C\C/C=C\CCCC(=O)OCC(O)COP(=O)(O)OCCNC(=O)CCCCCCCCCCCCCCCCCCCCCCCCC. The van der Waals surface area contributed by atoms with Crippen molar-refractivity contribution in [3.8, 4) is 0 Å². The van der Waals surface area contributed by atoms with Crippen molar-refractivity contribution in [2.24, 2.45) is 0 Å². The van der Waals surface area contributed by atoms with Crippen molar-refractivity contribution in [2.75, 3.05) is 26.4 Å². The summed E-state index contributed by atoms with van der Waals surface area (Å²) in [6, 6.07) is 0. The van der Waals surface area contributed by atoms with Crippen LogP contribution in [0.15, 0.2) is 85.1 Å². The molecule has 3 N–H and O–H groups in total. The van der Waals surface area contributed by atoms with Gasteiger partial charge in [0.1, 0.15) is 12.7 Å². The standard InChI is InChI=1S/C57H100NO8P/c1-3-5-7-9-11-13-15-17-19-21-23-25-27-29-31-33-35-37-39-41-43-45-47-49-56(60)58-51-52-65-67(62,63)66-54-55(59)53-64-57(61)50-48-46-44-42-40-38-36-34-32-30-28-26-24-22-20-18-16-14-12-10-8-6-4-2/h6,8,12,14,18,20,24,26,30,32,36,38,42,44,55,59H,3-5,7,9-11,13,15-17,19,21-23,25,27-29,31,33-35,37,39-41,43,45-54H2,1-2H3,(H,58,60)(H,62,63)/b8-6-,14-12-,20-18-,26-24-,32-30-,38-36-,44-42-. The van der Waals surface area contributed by atoms with Gasteiger partial charge < -0.3 is 20.1 Å². The predicted molar refractivity (Wildman–Crippen MR) is 284 cm³/mol. The summed E-state index contributed by atoms with van der Waals surface area (Å²) in [4.78, 5) is 34.1. The Labute approximate surface area is 411 Å². The van der Waals surface area contributed by atoms with Crippen molar-refractivity contribution in [3.05, 3.63) is 85.1 Å². The molecule has 0 fully saturated rings. The molecule has 0 heterocycles. The highest BCUT2D eigenvalue weighted by Gasteiger charge is 2.23. The quantitative estimate of drug-likeness (QED) is 0.0238. The highest BCUT2D eigenvalue weighted by Crippen LogP contribution is 2.42. The number of amides is 1. The van der Waals surface area contributed by atoms with Crippen LogP contribution in [0.4, 0.5) is 0 Å². The number of hydrogen-bond donors (Lipinski definition) is 3. The van der Waals surface area contributed by atoms with E-state index >= 15 is 0 Å². The van der Waals surface area contributed by atoms with Crippen LogP contribution in [0, 0.1) is 0 Å². The minimum atomic E-state index is -4.44. The summed E-state index contributed by atoms with van der Waals surface area (Å²) in [5.41, 5.74) is 0. The average molecular weight is 958 g/mol. The Hall–Kier alpha value is -2.81. The minimum absolute atomic E-state index is 0.0734. The lowest BCUT2D eigenvalue weighted by atomic mass is 10.0. The van der Waals surface area contributed by atoms with Crippen molar-refractivity contribution < 1.29 is 37.9 Å². The van der Waals surface area contributed by atoms with Crippen molar-refractivity contribution in [1.29, 1.82) is 0 Å². The molecule has 0 aliphatic rings. The fourth-order valence-corrected chi connectivity index (χ4v) is 8.07. The van der Waals surface area contributed by atoms with E-state index in [2.05, 4.69) is 98.2 Å². The van der Waals surface area contributed by atoms with Gasteiger partial charge in [0.25, 0.3) is 0 Å². The summed E-state index contributed by atoms with van der Waals surface area (Å²) in [6.07, 6.45) is 68.3. The molecule has 2 atom stereocenters. The Bertz CT molecular complexity index is 1370. The normalized spacial score (nSPS) is 13.8. The Balaban J connectivity index is 3.63. The first-order valence-electron chi connectivity index (χ1n) is 27.1. The van der Waals surface area contributed by atoms with Crippen molar-refractivity contribution >= 4 is 19.7 Å². The lowest BCUT2D eigenvalue weighted by Crippen LogP contribution is -2.27. The van der Waals surface area contributed by atoms with Gasteiger partial charge in [-0.3, -0.25) is 18.6 Å². The van der Waals surface area contributed by atoms with E-state index in [1.165, 1.54) is 128 Å². The first kappa shape index (κ1) is 64.2. The molecule has 0 rings (SSSR count). The zero-order valence-electron chi connectivity index (χ0n) is 42.8. The fourth-order valence-electron chi connectivity index (χ4n) is 7.31. The molecule has 10 heteroatoms. The third-order valence-electron chi connectivity index (χ3n) is 11.3. The smallest absolute Gasteiger partial charge is 0.463 e. The number of aliphatic hydroxyl groups excluding tert-OH is 1. The van der Waals surface area contributed by atoms with Crippen LogP contribution in [-0.4, -0.2) is 54.3 Å². The third kappa shape index (κ3) is 54.0. The number of carbonyl (C=O) groups is 2. The molecule has 0 aliphatic carbocycles. The van der Waals surface area contributed by atoms with Crippen LogP contribution in [0.5, 0.6) is 0 Å². The van der Waals surface area contributed by atoms with Crippen LogP contribution in [0.2, 0.25) is 0 Å². The number of aliphatic hydroxyl groups is 1. The zero-order chi connectivity index (χ0) is 48.8. The second-order valence-corrected chi connectivity index (χ2v) is 19.3. The molecule has 0 bridgehead atoms. The number of phosphoric ester groups is 1. The third-order valence-corrected chi connectivity index (χ3v) is 12.3. The zero-order valence-corrected chi connectivity index (χ0v) is 43.7. The van der Waals surface area contributed by atoms with E-state index in [9.17, 15) is 24.2 Å². The van der Waals surface area contributed by atoms with Gasteiger partial charge in [-0.25, -0.2) is 4.57 Å². The van der Waals surface area contributed by atoms with Gasteiger partial charge in [-0.15, -0.1) is 0 Å². The van der Waals surface area contributed by atoms with Crippen molar-refractivity contribution in [3.63, 3.8) is 0 Å². The van der Waals surface area contributed by atoms with Gasteiger partial charge in [-0.2, -0.15) is 0 Å². The van der Waals surface area contributed by atoms with Crippen molar-refractivity contribution in [1.82, 2.24) is 5.32 Å². The lowest BCUT2D eigenvalue weighted by Gasteiger charge is -2.15. The first-order valence-corrected chi connectivity index (χ1v) is 28.6. The Kier molecular flexibility index (Phi) is 50.4. The number of nitrogens with one attached hydrogen (secondary N) is 1. The number of rotatable bonds is 50. The van der Waals surface area contributed by atoms with Gasteiger partial charge in [0.2, 0.25) is 5.91 Å². The predicted octanol–water partition coefficient (Wildman–Crippen LogP) is 16.3. The van der Waals surface area contributed by atoms with Crippen LogP contribution in [0.25, 0.3) is 0 Å². The number of ether oxygens (including phenoxy) is 1. The van der Waals surface area contributed by atoms with Gasteiger partial charge in [0.05, 0.1) is 13.2 Å². The molecule has 0 radical (unpaired) electrons. The number of phosphoric acid groups is 1. The maximum absolute atomic E-state index is 12.2. The molecule has 0 aromatic rings. The average Bonchev–Trinajstić information content (AvgIpc) is 3.32. The van der Waals surface area contributed by atoms with E-state index in [4.69, 9.17) is 13.8 Å². The highest BCUT2D eigenvalue weighted by atomic mass is 31.2. The van der Waals surface area contributed by atoms with Gasteiger partial charge in [0, 0.05) is 19.4 Å². The fraction of sp³-hybridized carbons (Fsp3) is 0.719. The Morgan fingerprint density at radius 2 is 0.851 bits per heavy atom. The molecule has 0 aliphatic heterocycles. The van der Waals surface area contributed by atoms with Crippen LogP contribution in [0.1, 0.15) is 232 Å². The molecule has 1 amide bonds. The number of unbranched alkanes of at least 4 members (excludes halogenated alkanes) is 23. The van der Waals surface area contributed by atoms with E-state index in [0.717, 1.165) is 70.6 Å². The monoisotopic (exact) mass is 958 g/mol. The molecule has 386 valence electrons. The first-order chi connectivity index (χ1) is 32.8. The van der Waals surface area contributed by atoms with E-state index < -0.39 is 26.5 Å². The second-order valence-electron chi connectivity index (χ2n) is 17.8. The number of allylic oxidation sites excluding steroid dienone is 14. The minimum Gasteiger partial charge on any atom is -0.463 e. The molecule has 2 unspecified atom stereocenters. The molecular weight excluding hydrogens is 858 g/mol. The van der Waals surface area contributed by atoms with Gasteiger partial charge in [-0.1, -0.05) is 240 Å². The maximum Gasteiger partial charge on any atom is 0.472 e. The summed E-state index contributed by atoms with van der Waals surface area (Å²) in [5, 5.41) is 12.8. The number of hydrogen-bond acceptors (Lipinski definition) is 7. The lowest BCUT2D eigenvalue weighted by molar-refractivity contribution is -0.147. The molecule has 0 saturated heterocycles. The largest absolute Gasteiger partial charge is 0.472 e. The van der Waals surface area contributed by atoms with Crippen LogP contribution in [0.3, 0.4) is 0 Å². The molecule has 0 saturated carbocycles. The molecule has 0 spiro atoms. The maximum atomic E-state index is 12.2. The Morgan fingerprint density at radius 3 is 1.25 bits per heavy atom. The summed E-state index contributed by atoms with van der Waals surface area (Å²) < 4.78 is 27.0. The summed E-state index contributed by atoms with van der Waals surface area (Å²) in [6.45, 7) is 3.40. The summed E-state index contributed by atoms with van der Waals surface area (Å²) in [7, 11) is -4.44. The molecular formula is C57H100NO8P. The highest BCUT2D eigenvalue weighted by molar-refractivity contribution is 7.47. The molecule has 0 aromatic carbocycles. The van der Waals surface area contributed by atoms with Gasteiger partial charge in [0.15, 0.2) is 0 Å².